The summed E-state index contributed by atoms with van der Waals surface area (Å²) in [5, 5.41) is 3.43. The minimum atomic E-state index is 0.251. The number of anilines is 1. The average molecular weight is 381 g/mol. The van der Waals surface area contributed by atoms with Crippen LogP contribution in [0.3, 0.4) is 0 Å². The Bertz CT molecular complexity index is 539. The quantitative estimate of drug-likeness (QED) is 0.705. The van der Waals surface area contributed by atoms with Crippen LogP contribution in [0.15, 0.2) is 48.5 Å². The van der Waals surface area contributed by atoms with Gasteiger partial charge in [-0.3, -0.25) is 0 Å². The molecule has 0 bridgehead atoms. The molecule has 2 nitrogen and oxygen atoms in total. The first-order chi connectivity index (χ1) is 9.67. The standard InChI is InChI=1S/C17H20INO/c1-3-13(2)20-17-6-4-5-16(11-17)19-12-14-7-9-15(18)10-8-14/h4-11,13,19H,3,12H2,1-2H3. The van der Waals surface area contributed by atoms with Crippen LogP contribution in [0.25, 0.3) is 0 Å². The van der Waals surface area contributed by atoms with Gasteiger partial charge in [0.05, 0.1) is 6.10 Å². The molecule has 2 aromatic carbocycles. The molecule has 0 spiro atoms. The van der Waals surface area contributed by atoms with E-state index in [2.05, 4.69) is 78.2 Å². The van der Waals surface area contributed by atoms with Crippen LogP contribution < -0.4 is 10.1 Å². The Labute approximate surface area is 134 Å². The Morgan fingerprint density at radius 3 is 2.60 bits per heavy atom. The van der Waals surface area contributed by atoms with Gasteiger partial charge in [0, 0.05) is 21.9 Å². The second kappa shape index (κ2) is 7.53. The van der Waals surface area contributed by atoms with E-state index in [1.807, 2.05) is 12.1 Å². The Morgan fingerprint density at radius 2 is 1.90 bits per heavy atom. The van der Waals surface area contributed by atoms with E-state index in [1.54, 1.807) is 0 Å². The molecular formula is C17H20INO. The molecular weight excluding hydrogens is 361 g/mol. The fraction of sp³-hybridized carbons (Fsp3) is 0.294. The molecule has 0 heterocycles. The van der Waals surface area contributed by atoms with Crippen LogP contribution in [-0.2, 0) is 6.54 Å². The third-order valence-corrected chi connectivity index (χ3v) is 3.88. The van der Waals surface area contributed by atoms with Crippen molar-refractivity contribution in [3.8, 4) is 5.75 Å². The van der Waals surface area contributed by atoms with Crippen molar-refractivity contribution in [2.45, 2.75) is 32.9 Å². The molecule has 20 heavy (non-hydrogen) atoms. The van der Waals surface area contributed by atoms with E-state index in [0.29, 0.717) is 0 Å². The molecule has 0 aromatic heterocycles. The topological polar surface area (TPSA) is 21.3 Å². The average Bonchev–Trinajstić information content (AvgIpc) is 2.47. The molecule has 0 aliphatic carbocycles. The number of rotatable bonds is 6. The maximum Gasteiger partial charge on any atom is 0.121 e. The van der Waals surface area contributed by atoms with E-state index in [1.165, 1.54) is 9.13 Å². The number of ether oxygens (including phenoxy) is 1. The summed E-state index contributed by atoms with van der Waals surface area (Å²) in [7, 11) is 0. The summed E-state index contributed by atoms with van der Waals surface area (Å²) in [4.78, 5) is 0. The van der Waals surface area contributed by atoms with Crippen molar-refractivity contribution in [2.24, 2.45) is 0 Å². The van der Waals surface area contributed by atoms with Crippen LogP contribution in [0.4, 0.5) is 5.69 Å². The monoisotopic (exact) mass is 381 g/mol. The predicted octanol–water partition coefficient (Wildman–Crippen LogP) is 5.08. The van der Waals surface area contributed by atoms with Crippen LogP contribution >= 0.6 is 22.6 Å². The maximum absolute atomic E-state index is 5.83. The molecule has 1 N–H and O–H groups in total. The van der Waals surface area contributed by atoms with Gasteiger partial charge in [-0.2, -0.15) is 0 Å². The van der Waals surface area contributed by atoms with E-state index < -0.39 is 0 Å². The van der Waals surface area contributed by atoms with Crippen molar-refractivity contribution in [3.63, 3.8) is 0 Å². The summed E-state index contributed by atoms with van der Waals surface area (Å²) in [6.07, 6.45) is 1.27. The fourth-order valence-corrected chi connectivity index (χ4v) is 2.16. The van der Waals surface area contributed by atoms with E-state index in [-0.39, 0.29) is 6.10 Å². The summed E-state index contributed by atoms with van der Waals surface area (Å²) >= 11 is 2.32. The van der Waals surface area contributed by atoms with Gasteiger partial charge in [0.25, 0.3) is 0 Å². The molecule has 0 amide bonds. The number of hydrogen-bond donors (Lipinski definition) is 1. The maximum atomic E-state index is 5.83. The van der Waals surface area contributed by atoms with Crippen molar-refractivity contribution in [3.05, 3.63) is 57.7 Å². The van der Waals surface area contributed by atoms with Gasteiger partial charge in [-0.25, -0.2) is 0 Å². The Morgan fingerprint density at radius 1 is 1.15 bits per heavy atom. The zero-order valence-corrected chi connectivity index (χ0v) is 14.1. The van der Waals surface area contributed by atoms with Crippen LogP contribution in [0, 0.1) is 3.57 Å². The van der Waals surface area contributed by atoms with Gasteiger partial charge >= 0.3 is 0 Å². The molecule has 0 fully saturated rings. The number of halogens is 1. The lowest BCUT2D eigenvalue weighted by atomic mass is 10.2. The van der Waals surface area contributed by atoms with Crippen LogP contribution in [0.1, 0.15) is 25.8 Å². The SMILES string of the molecule is CCC(C)Oc1cccc(NCc2ccc(I)cc2)c1. The van der Waals surface area contributed by atoms with Gasteiger partial charge in [0.2, 0.25) is 0 Å². The zero-order chi connectivity index (χ0) is 14.4. The third kappa shape index (κ3) is 4.71. The van der Waals surface area contributed by atoms with Gasteiger partial charge in [-0.05, 0) is 65.8 Å². The normalized spacial score (nSPS) is 11.9. The smallest absolute Gasteiger partial charge is 0.121 e. The van der Waals surface area contributed by atoms with E-state index in [4.69, 9.17) is 4.74 Å². The fourth-order valence-electron chi connectivity index (χ4n) is 1.80. The summed E-state index contributed by atoms with van der Waals surface area (Å²) in [6, 6.07) is 16.7. The highest BCUT2D eigenvalue weighted by atomic mass is 127. The molecule has 2 rings (SSSR count). The van der Waals surface area contributed by atoms with Crippen LogP contribution in [-0.4, -0.2) is 6.10 Å². The lowest BCUT2D eigenvalue weighted by Crippen LogP contribution is -2.09. The molecule has 106 valence electrons. The molecule has 2 aromatic rings. The Balaban J connectivity index is 1.95. The van der Waals surface area contributed by atoms with Crippen molar-refractivity contribution in [1.29, 1.82) is 0 Å². The van der Waals surface area contributed by atoms with Gasteiger partial charge in [-0.1, -0.05) is 25.1 Å². The molecule has 1 atom stereocenters. The van der Waals surface area contributed by atoms with Gasteiger partial charge < -0.3 is 10.1 Å². The summed E-state index contributed by atoms with van der Waals surface area (Å²) < 4.78 is 7.09. The molecule has 0 radical (unpaired) electrons. The largest absolute Gasteiger partial charge is 0.491 e. The number of nitrogens with one attached hydrogen (secondary N) is 1. The molecule has 0 saturated heterocycles. The first kappa shape index (κ1) is 15.2. The molecule has 3 heteroatoms. The second-order valence-corrected chi connectivity index (χ2v) is 6.09. The van der Waals surface area contributed by atoms with Crippen molar-refractivity contribution in [2.75, 3.05) is 5.32 Å². The highest BCUT2D eigenvalue weighted by Gasteiger charge is 2.02. The third-order valence-electron chi connectivity index (χ3n) is 3.16. The molecule has 1 unspecified atom stereocenters. The highest BCUT2D eigenvalue weighted by Crippen LogP contribution is 2.20. The van der Waals surface area contributed by atoms with E-state index in [0.717, 1.165) is 24.4 Å². The minimum absolute atomic E-state index is 0.251. The Hall–Kier alpha value is -1.23. The predicted molar refractivity (Wildman–Crippen MR) is 93.3 cm³/mol. The zero-order valence-electron chi connectivity index (χ0n) is 11.9. The summed E-state index contributed by atoms with van der Waals surface area (Å²) in [5.41, 5.74) is 2.36. The number of hydrogen-bond acceptors (Lipinski definition) is 2. The van der Waals surface area contributed by atoms with E-state index in [9.17, 15) is 0 Å². The lowest BCUT2D eigenvalue weighted by molar-refractivity contribution is 0.217. The highest BCUT2D eigenvalue weighted by molar-refractivity contribution is 14.1. The van der Waals surface area contributed by atoms with Crippen molar-refractivity contribution in [1.82, 2.24) is 0 Å². The van der Waals surface area contributed by atoms with Crippen molar-refractivity contribution >= 4 is 28.3 Å². The van der Waals surface area contributed by atoms with Gasteiger partial charge in [0.1, 0.15) is 5.75 Å². The first-order valence-corrected chi connectivity index (χ1v) is 8.00. The molecule has 0 aliphatic rings. The lowest BCUT2D eigenvalue weighted by Gasteiger charge is -2.14. The first-order valence-electron chi connectivity index (χ1n) is 6.92. The Kier molecular flexibility index (Phi) is 5.71. The van der Waals surface area contributed by atoms with Crippen LogP contribution in [0.5, 0.6) is 5.75 Å². The van der Waals surface area contributed by atoms with E-state index >= 15 is 0 Å². The minimum Gasteiger partial charge on any atom is -0.491 e. The van der Waals surface area contributed by atoms with Gasteiger partial charge in [0.15, 0.2) is 0 Å². The van der Waals surface area contributed by atoms with Crippen molar-refractivity contribution < 1.29 is 4.74 Å². The van der Waals surface area contributed by atoms with Crippen LogP contribution in [0.2, 0.25) is 0 Å². The summed E-state index contributed by atoms with van der Waals surface area (Å²) in [6.45, 7) is 5.04. The molecule has 0 saturated carbocycles. The number of benzene rings is 2. The molecule has 0 aliphatic heterocycles. The van der Waals surface area contributed by atoms with Gasteiger partial charge in [-0.15, -0.1) is 0 Å². The second-order valence-electron chi connectivity index (χ2n) is 4.84. The summed E-state index contributed by atoms with van der Waals surface area (Å²) in [5.74, 6) is 0.923.